The van der Waals surface area contributed by atoms with Gasteiger partial charge in [-0.05, 0) is 45.4 Å². The quantitative estimate of drug-likeness (QED) is 0.768. The Morgan fingerprint density at radius 2 is 2.05 bits per heavy atom. The summed E-state index contributed by atoms with van der Waals surface area (Å²) in [6.07, 6.45) is 1.31. The molecule has 0 spiro atoms. The number of aromatic nitrogens is 1. The van der Waals surface area contributed by atoms with Crippen LogP contribution in [0, 0.1) is 6.92 Å². The van der Waals surface area contributed by atoms with Gasteiger partial charge < -0.3 is 9.47 Å². The zero-order valence-corrected chi connectivity index (χ0v) is 13.7. The van der Waals surface area contributed by atoms with Crippen molar-refractivity contribution in [2.45, 2.75) is 39.2 Å². The van der Waals surface area contributed by atoms with Crippen molar-refractivity contribution in [3.05, 3.63) is 29.5 Å². The summed E-state index contributed by atoms with van der Waals surface area (Å²) < 4.78 is 12.3. The number of ether oxygens (including phenoxy) is 2. The minimum absolute atomic E-state index is 0.318. The number of carbonyl (C=O) groups excluding carboxylic acids is 1. The maximum Gasteiger partial charge on any atom is 0.419 e. The summed E-state index contributed by atoms with van der Waals surface area (Å²) in [4.78, 5) is 12.3. The molecule has 0 aliphatic heterocycles. The average Bonchev–Trinajstić information content (AvgIpc) is 2.81. The lowest BCUT2D eigenvalue weighted by Crippen LogP contribution is -2.26. The molecule has 0 aliphatic rings. The van der Waals surface area contributed by atoms with E-state index in [1.165, 1.54) is 4.57 Å². The zero-order chi connectivity index (χ0) is 15.8. The van der Waals surface area contributed by atoms with E-state index < -0.39 is 11.7 Å². The van der Waals surface area contributed by atoms with Crippen LogP contribution in [0.5, 0.6) is 5.75 Å². The molecule has 1 aromatic carbocycles. The van der Waals surface area contributed by atoms with Gasteiger partial charge in [0.25, 0.3) is 0 Å². The van der Waals surface area contributed by atoms with Crippen molar-refractivity contribution in [2.24, 2.45) is 0 Å². The Kier molecular flexibility index (Phi) is 4.19. The molecule has 0 bridgehead atoms. The molecule has 0 aliphatic carbocycles. The number of halogens is 1. The predicted octanol–water partition coefficient (Wildman–Crippen LogP) is 4.48. The van der Waals surface area contributed by atoms with Crippen LogP contribution in [0.15, 0.2) is 18.3 Å². The second kappa shape index (κ2) is 5.60. The van der Waals surface area contributed by atoms with Crippen molar-refractivity contribution in [2.75, 3.05) is 7.11 Å². The van der Waals surface area contributed by atoms with Crippen LogP contribution >= 0.6 is 11.6 Å². The number of fused-ring (bicyclic) bond motifs is 1. The van der Waals surface area contributed by atoms with Crippen LogP contribution in [-0.4, -0.2) is 23.4 Å². The van der Waals surface area contributed by atoms with Crippen LogP contribution in [-0.2, 0) is 10.6 Å². The molecule has 21 heavy (non-hydrogen) atoms. The topological polar surface area (TPSA) is 40.5 Å². The van der Waals surface area contributed by atoms with Crippen molar-refractivity contribution >= 4 is 28.6 Å². The highest BCUT2D eigenvalue weighted by Crippen LogP contribution is 2.33. The highest BCUT2D eigenvalue weighted by Gasteiger charge is 2.21. The fourth-order valence-corrected chi connectivity index (χ4v) is 2.62. The number of alkyl halides is 1. The Morgan fingerprint density at radius 1 is 1.38 bits per heavy atom. The molecule has 5 heteroatoms. The number of carbonyl (C=O) groups is 1. The lowest BCUT2D eigenvalue weighted by Gasteiger charge is -2.20. The summed E-state index contributed by atoms with van der Waals surface area (Å²) in [5.74, 6) is 1.05. The molecule has 0 radical (unpaired) electrons. The first-order valence-electron chi connectivity index (χ1n) is 6.75. The van der Waals surface area contributed by atoms with Crippen LogP contribution in [0.1, 0.15) is 31.9 Å². The Morgan fingerprint density at radius 3 is 2.57 bits per heavy atom. The molecule has 1 aromatic heterocycles. The molecule has 2 aromatic rings. The lowest BCUT2D eigenvalue weighted by molar-refractivity contribution is 0.0544. The first kappa shape index (κ1) is 15.7. The van der Waals surface area contributed by atoms with Crippen molar-refractivity contribution in [1.82, 2.24) is 4.57 Å². The minimum Gasteiger partial charge on any atom is -0.496 e. The minimum atomic E-state index is -0.538. The van der Waals surface area contributed by atoms with Gasteiger partial charge in [0.15, 0.2) is 0 Å². The number of hydrogen-bond acceptors (Lipinski definition) is 3. The third-order valence-corrected chi connectivity index (χ3v) is 3.44. The molecule has 0 unspecified atom stereocenters. The Balaban J connectivity index is 2.61. The van der Waals surface area contributed by atoms with E-state index in [1.54, 1.807) is 13.3 Å². The number of aryl methyl sites for hydroxylation is 1. The molecule has 0 atom stereocenters. The summed E-state index contributed by atoms with van der Waals surface area (Å²) >= 11 is 6.03. The summed E-state index contributed by atoms with van der Waals surface area (Å²) in [5, 5.41) is 0.910. The zero-order valence-electron chi connectivity index (χ0n) is 13.0. The van der Waals surface area contributed by atoms with Crippen molar-refractivity contribution in [3.8, 4) is 5.75 Å². The van der Waals surface area contributed by atoms with E-state index in [2.05, 4.69) is 0 Å². The molecule has 2 rings (SSSR count). The maximum atomic E-state index is 12.3. The van der Waals surface area contributed by atoms with Crippen LogP contribution in [0.2, 0.25) is 0 Å². The molecular formula is C16H20ClNO3. The van der Waals surface area contributed by atoms with Crippen molar-refractivity contribution < 1.29 is 14.3 Å². The summed E-state index contributed by atoms with van der Waals surface area (Å²) in [6.45, 7) is 7.47. The second-order valence-corrected chi connectivity index (χ2v) is 6.20. The molecule has 0 amide bonds. The molecule has 0 saturated carbocycles. The van der Waals surface area contributed by atoms with E-state index in [1.807, 2.05) is 39.8 Å². The monoisotopic (exact) mass is 309 g/mol. The number of methoxy groups -OCH3 is 1. The van der Waals surface area contributed by atoms with Crippen LogP contribution in [0.3, 0.4) is 0 Å². The molecule has 0 fully saturated rings. The number of nitrogens with zero attached hydrogens (tertiary/aromatic N) is 1. The fraction of sp³-hybridized carbons (Fsp3) is 0.438. The first-order valence-corrected chi connectivity index (χ1v) is 7.28. The average molecular weight is 310 g/mol. The number of rotatable bonds is 2. The highest BCUT2D eigenvalue weighted by atomic mass is 35.5. The molecule has 4 nitrogen and oxygen atoms in total. The third kappa shape index (κ3) is 3.00. The molecule has 0 saturated heterocycles. The van der Waals surface area contributed by atoms with Crippen molar-refractivity contribution in [1.29, 1.82) is 0 Å². The largest absolute Gasteiger partial charge is 0.496 e. The van der Waals surface area contributed by atoms with E-state index in [0.29, 0.717) is 5.88 Å². The molecule has 0 N–H and O–H groups in total. The molecule has 114 valence electrons. The van der Waals surface area contributed by atoms with E-state index in [4.69, 9.17) is 21.1 Å². The summed E-state index contributed by atoms with van der Waals surface area (Å²) in [7, 11) is 1.61. The van der Waals surface area contributed by atoms with Gasteiger partial charge in [0.1, 0.15) is 11.4 Å². The normalized spacial score (nSPS) is 11.7. The van der Waals surface area contributed by atoms with E-state index in [0.717, 1.165) is 27.8 Å². The van der Waals surface area contributed by atoms with Crippen LogP contribution in [0.4, 0.5) is 4.79 Å². The van der Waals surface area contributed by atoms with Gasteiger partial charge in [-0.3, -0.25) is 4.57 Å². The number of benzene rings is 1. The third-order valence-electron chi connectivity index (χ3n) is 3.17. The van der Waals surface area contributed by atoms with E-state index >= 15 is 0 Å². The Labute approximate surface area is 129 Å². The summed E-state index contributed by atoms with van der Waals surface area (Å²) in [5.41, 5.74) is 2.08. The second-order valence-electron chi connectivity index (χ2n) is 5.94. The fourth-order valence-electron chi connectivity index (χ4n) is 2.35. The summed E-state index contributed by atoms with van der Waals surface area (Å²) in [6, 6.07) is 3.76. The Bertz CT molecular complexity index is 683. The standard InChI is InChI=1S/C16H20ClNO3/c1-10-8-13(20-5)12(9-17)11-6-7-18(14(10)11)15(19)21-16(2,3)4/h6-8H,9H2,1-5H3. The van der Waals surface area contributed by atoms with Crippen LogP contribution in [0.25, 0.3) is 10.9 Å². The van der Waals surface area contributed by atoms with Gasteiger partial charge in [0, 0.05) is 17.1 Å². The number of hydrogen-bond donors (Lipinski definition) is 0. The van der Waals surface area contributed by atoms with Gasteiger partial charge >= 0.3 is 6.09 Å². The Hall–Kier alpha value is -1.68. The first-order chi connectivity index (χ1) is 9.78. The predicted molar refractivity (Wildman–Crippen MR) is 84.4 cm³/mol. The highest BCUT2D eigenvalue weighted by molar-refractivity contribution is 6.18. The van der Waals surface area contributed by atoms with Gasteiger partial charge in [-0.15, -0.1) is 11.6 Å². The van der Waals surface area contributed by atoms with Gasteiger partial charge in [0.2, 0.25) is 0 Å². The van der Waals surface area contributed by atoms with Gasteiger partial charge in [-0.25, -0.2) is 4.79 Å². The maximum absolute atomic E-state index is 12.3. The van der Waals surface area contributed by atoms with Gasteiger partial charge in [0.05, 0.1) is 18.5 Å². The van der Waals surface area contributed by atoms with Gasteiger partial charge in [-0.2, -0.15) is 0 Å². The van der Waals surface area contributed by atoms with Crippen LogP contribution < -0.4 is 4.74 Å². The smallest absolute Gasteiger partial charge is 0.419 e. The lowest BCUT2D eigenvalue weighted by atomic mass is 10.1. The van der Waals surface area contributed by atoms with Gasteiger partial charge in [-0.1, -0.05) is 0 Å². The van der Waals surface area contributed by atoms with E-state index in [9.17, 15) is 4.79 Å². The SMILES string of the molecule is COc1cc(C)c2c(ccn2C(=O)OC(C)(C)C)c1CCl. The molecule has 1 heterocycles. The van der Waals surface area contributed by atoms with E-state index in [-0.39, 0.29) is 0 Å². The van der Waals surface area contributed by atoms with Crippen molar-refractivity contribution in [3.63, 3.8) is 0 Å². The molecular weight excluding hydrogens is 290 g/mol.